The number of nitrogens with one attached hydrogen (secondary N) is 1. The molecular weight excluding hydrogens is 360 g/mol. The number of aryl methyl sites for hydroxylation is 1. The van der Waals surface area contributed by atoms with Gasteiger partial charge in [0.1, 0.15) is 0 Å². The van der Waals surface area contributed by atoms with Crippen molar-refractivity contribution in [3.63, 3.8) is 0 Å². The van der Waals surface area contributed by atoms with E-state index in [9.17, 15) is 9.59 Å². The van der Waals surface area contributed by atoms with Crippen LogP contribution in [-0.4, -0.2) is 86.2 Å². The number of imide groups is 1. The van der Waals surface area contributed by atoms with Crippen molar-refractivity contribution in [1.82, 2.24) is 20.0 Å². The zero-order valence-electron chi connectivity index (χ0n) is 17.2. The second-order valence-corrected chi connectivity index (χ2v) is 7.34. The van der Waals surface area contributed by atoms with Crippen LogP contribution in [0.3, 0.4) is 0 Å². The monoisotopic (exact) mass is 390 g/mol. The number of ether oxygens (including phenoxy) is 2. The predicted octanol–water partition coefficient (Wildman–Crippen LogP) is 1.07. The molecular formula is C20H30N4O4. The van der Waals surface area contributed by atoms with Crippen molar-refractivity contribution in [2.45, 2.75) is 26.4 Å². The molecule has 154 valence electrons. The minimum atomic E-state index is -0.284. The van der Waals surface area contributed by atoms with Crippen LogP contribution in [0.5, 0.6) is 11.5 Å². The van der Waals surface area contributed by atoms with Crippen LogP contribution in [0.1, 0.15) is 18.1 Å². The fourth-order valence-electron chi connectivity index (χ4n) is 3.81. The summed E-state index contributed by atoms with van der Waals surface area (Å²) in [6.07, 6.45) is 0. The Kier molecular flexibility index (Phi) is 6.41. The molecule has 0 aromatic heterocycles. The van der Waals surface area contributed by atoms with Crippen molar-refractivity contribution in [3.05, 3.63) is 23.3 Å². The van der Waals surface area contributed by atoms with Crippen molar-refractivity contribution in [2.24, 2.45) is 0 Å². The van der Waals surface area contributed by atoms with E-state index in [0.717, 1.165) is 44.2 Å². The molecule has 0 spiro atoms. The summed E-state index contributed by atoms with van der Waals surface area (Å²) in [5, 5.41) is 2.69. The van der Waals surface area contributed by atoms with Gasteiger partial charge in [0, 0.05) is 45.8 Å². The molecule has 3 amide bonds. The molecule has 3 rings (SSSR count). The number of rotatable bonds is 6. The maximum Gasteiger partial charge on any atom is 0.324 e. The number of hydrogen-bond donors (Lipinski definition) is 1. The lowest BCUT2D eigenvalue weighted by molar-refractivity contribution is -0.133. The maximum absolute atomic E-state index is 12.6. The lowest BCUT2D eigenvalue weighted by Gasteiger charge is -2.38. The number of hydrogen-bond acceptors (Lipinski definition) is 6. The van der Waals surface area contributed by atoms with Crippen molar-refractivity contribution in [3.8, 4) is 11.5 Å². The van der Waals surface area contributed by atoms with Gasteiger partial charge < -0.3 is 14.8 Å². The van der Waals surface area contributed by atoms with E-state index >= 15 is 0 Å². The number of benzene rings is 1. The molecule has 2 aliphatic rings. The summed E-state index contributed by atoms with van der Waals surface area (Å²) in [4.78, 5) is 30.2. The Morgan fingerprint density at radius 2 is 1.75 bits per heavy atom. The molecule has 0 bridgehead atoms. The van der Waals surface area contributed by atoms with Gasteiger partial charge in [0.05, 0.1) is 20.3 Å². The van der Waals surface area contributed by atoms with Crippen molar-refractivity contribution >= 4 is 11.9 Å². The van der Waals surface area contributed by atoms with Crippen LogP contribution in [0.25, 0.3) is 0 Å². The number of nitrogens with zero attached hydrogens (tertiary/aromatic N) is 3. The highest BCUT2D eigenvalue weighted by molar-refractivity contribution is 5.98. The lowest BCUT2D eigenvalue weighted by Crippen LogP contribution is -2.54. The third-order valence-electron chi connectivity index (χ3n) is 5.67. The van der Waals surface area contributed by atoms with Gasteiger partial charge in [0.2, 0.25) is 5.91 Å². The van der Waals surface area contributed by atoms with Gasteiger partial charge in [-0.05, 0) is 37.1 Å². The van der Waals surface area contributed by atoms with E-state index in [-0.39, 0.29) is 18.0 Å². The Morgan fingerprint density at radius 3 is 2.32 bits per heavy atom. The Morgan fingerprint density at radius 1 is 1.11 bits per heavy atom. The third-order valence-corrected chi connectivity index (χ3v) is 5.67. The van der Waals surface area contributed by atoms with Crippen LogP contribution in [0.15, 0.2) is 12.1 Å². The molecule has 8 heteroatoms. The molecule has 28 heavy (non-hydrogen) atoms. The summed E-state index contributed by atoms with van der Waals surface area (Å²) in [6.45, 7) is 9.14. The van der Waals surface area contributed by atoms with Gasteiger partial charge in [-0.3, -0.25) is 19.5 Å². The lowest BCUT2D eigenvalue weighted by atomic mass is 10.1. The topological polar surface area (TPSA) is 74.4 Å². The van der Waals surface area contributed by atoms with Gasteiger partial charge >= 0.3 is 6.03 Å². The molecule has 8 nitrogen and oxygen atoms in total. The maximum atomic E-state index is 12.6. The Bertz CT molecular complexity index is 731. The van der Waals surface area contributed by atoms with Crippen molar-refractivity contribution in [2.75, 3.05) is 53.5 Å². The van der Waals surface area contributed by atoms with Crippen LogP contribution >= 0.6 is 0 Å². The molecule has 0 radical (unpaired) electrons. The highest BCUT2D eigenvalue weighted by Crippen LogP contribution is 2.31. The summed E-state index contributed by atoms with van der Waals surface area (Å²) in [6, 6.07) is 3.48. The number of piperazine rings is 1. The standard InChI is InChI=1S/C20H30N4O4/c1-14-11-17(27-3)18(28-4)12-16(14)13-22-7-9-23(10-8-22)15(2)19(25)24-6-5-21-20(24)26/h11-12,15H,5-10,13H2,1-4H3,(H,21,26)/t15-/m0/s1. The number of amides is 3. The van der Waals surface area contributed by atoms with E-state index in [0.29, 0.717) is 13.1 Å². The van der Waals surface area contributed by atoms with E-state index in [1.165, 1.54) is 16.0 Å². The average Bonchev–Trinajstić information content (AvgIpc) is 3.14. The molecule has 2 saturated heterocycles. The Labute approximate surface area is 166 Å². The number of urea groups is 1. The molecule has 1 aromatic rings. The minimum absolute atomic E-state index is 0.112. The molecule has 1 atom stereocenters. The van der Waals surface area contributed by atoms with Gasteiger partial charge in [-0.15, -0.1) is 0 Å². The summed E-state index contributed by atoms with van der Waals surface area (Å²) in [5.74, 6) is 1.37. The van der Waals surface area contributed by atoms with E-state index in [1.807, 2.05) is 19.1 Å². The minimum Gasteiger partial charge on any atom is -0.493 e. The van der Waals surface area contributed by atoms with Crippen molar-refractivity contribution in [1.29, 1.82) is 0 Å². The molecule has 0 unspecified atom stereocenters. The first-order chi connectivity index (χ1) is 13.4. The molecule has 1 aromatic carbocycles. The Hall–Kier alpha value is -2.32. The summed E-state index contributed by atoms with van der Waals surface area (Å²) < 4.78 is 10.8. The van der Waals surface area contributed by atoms with E-state index in [2.05, 4.69) is 22.0 Å². The first kappa shape index (κ1) is 20.4. The van der Waals surface area contributed by atoms with Crippen LogP contribution in [-0.2, 0) is 11.3 Å². The molecule has 1 N–H and O–H groups in total. The number of carbonyl (C=O) groups is 2. The van der Waals surface area contributed by atoms with Crippen LogP contribution in [0.2, 0.25) is 0 Å². The normalized spacial score (nSPS) is 19.4. The fraction of sp³-hybridized carbons (Fsp3) is 0.600. The smallest absolute Gasteiger partial charge is 0.324 e. The first-order valence-corrected chi connectivity index (χ1v) is 9.71. The van der Waals surface area contributed by atoms with Gasteiger partial charge in [-0.2, -0.15) is 0 Å². The zero-order chi connectivity index (χ0) is 20.3. The first-order valence-electron chi connectivity index (χ1n) is 9.71. The largest absolute Gasteiger partial charge is 0.493 e. The van der Waals surface area contributed by atoms with Gasteiger partial charge in [-0.25, -0.2) is 4.79 Å². The quantitative estimate of drug-likeness (QED) is 0.783. The average molecular weight is 390 g/mol. The molecule has 2 aliphatic heterocycles. The predicted molar refractivity (Wildman–Crippen MR) is 106 cm³/mol. The molecule has 2 heterocycles. The van der Waals surface area contributed by atoms with Gasteiger partial charge in [0.25, 0.3) is 0 Å². The van der Waals surface area contributed by atoms with E-state index < -0.39 is 0 Å². The molecule has 2 fully saturated rings. The summed E-state index contributed by atoms with van der Waals surface area (Å²) in [7, 11) is 3.29. The van der Waals surface area contributed by atoms with Gasteiger partial charge in [-0.1, -0.05) is 0 Å². The molecule has 0 saturated carbocycles. The number of methoxy groups -OCH3 is 2. The summed E-state index contributed by atoms with van der Waals surface area (Å²) >= 11 is 0. The second kappa shape index (κ2) is 8.79. The van der Waals surface area contributed by atoms with Crippen LogP contribution in [0.4, 0.5) is 4.79 Å². The Balaban J connectivity index is 1.57. The number of carbonyl (C=O) groups excluding carboxylic acids is 2. The zero-order valence-corrected chi connectivity index (χ0v) is 17.2. The van der Waals surface area contributed by atoms with E-state index in [4.69, 9.17) is 9.47 Å². The SMILES string of the molecule is COc1cc(C)c(CN2CCN([C@@H](C)C(=O)N3CCNC3=O)CC2)cc1OC. The van der Waals surface area contributed by atoms with Crippen molar-refractivity contribution < 1.29 is 19.1 Å². The highest BCUT2D eigenvalue weighted by Gasteiger charge is 2.33. The third kappa shape index (κ3) is 4.23. The summed E-state index contributed by atoms with van der Waals surface area (Å²) in [5.41, 5.74) is 2.38. The van der Waals surface area contributed by atoms with Crippen LogP contribution < -0.4 is 14.8 Å². The highest BCUT2D eigenvalue weighted by atomic mass is 16.5. The fourth-order valence-corrected chi connectivity index (χ4v) is 3.81. The van der Waals surface area contributed by atoms with E-state index in [1.54, 1.807) is 14.2 Å². The second-order valence-electron chi connectivity index (χ2n) is 7.34. The van der Waals surface area contributed by atoms with Gasteiger partial charge in [0.15, 0.2) is 11.5 Å². The molecule has 0 aliphatic carbocycles. The van der Waals surface area contributed by atoms with Crippen LogP contribution in [0, 0.1) is 6.92 Å².